The molecule has 2 aliphatic rings. The van der Waals surface area contributed by atoms with Gasteiger partial charge in [-0.2, -0.15) is 0 Å². The van der Waals surface area contributed by atoms with Crippen LogP contribution in [0.5, 0.6) is 0 Å². The molecule has 0 aromatic heterocycles. The topological polar surface area (TPSA) is 98.5 Å². The van der Waals surface area contributed by atoms with Gasteiger partial charge < -0.3 is 10.1 Å². The molecule has 7 heteroatoms. The number of carbonyl (C=O) groups is 2. The predicted molar refractivity (Wildman–Crippen MR) is 123 cm³/mol. The molecule has 0 saturated heterocycles. The number of Topliss-reactive ketones (excluding diaryl/α,β-unsaturated/α-hetero) is 1. The summed E-state index contributed by atoms with van der Waals surface area (Å²) in [5, 5.41) is 15.1. The first-order valence-corrected chi connectivity index (χ1v) is 11.0. The Morgan fingerprint density at radius 3 is 2.42 bits per heavy atom. The van der Waals surface area contributed by atoms with Crippen molar-refractivity contribution in [3.8, 4) is 0 Å². The summed E-state index contributed by atoms with van der Waals surface area (Å²) in [4.78, 5) is 38.0. The molecule has 1 N–H and O–H groups in total. The summed E-state index contributed by atoms with van der Waals surface area (Å²) in [5.74, 6) is -1.57. The molecule has 0 spiro atoms. The van der Waals surface area contributed by atoms with E-state index in [4.69, 9.17) is 4.74 Å². The molecule has 1 aliphatic carbocycles. The number of dihydropyridines is 1. The molecule has 0 saturated carbocycles. The molecule has 7 nitrogen and oxygen atoms in total. The third-order valence-electron chi connectivity index (χ3n) is 6.11. The van der Waals surface area contributed by atoms with Crippen molar-refractivity contribution in [1.29, 1.82) is 0 Å². The lowest BCUT2D eigenvalue weighted by Gasteiger charge is -2.36. The third-order valence-corrected chi connectivity index (χ3v) is 6.11. The number of ether oxygens (including phenoxy) is 1. The van der Waals surface area contributed by atoms with E-state index in [1.165, 1.54) is 6.07 Å². The average Bonchev–Trinajstić information content (AvgIpc) is 2.78. The summed E-state index contributed by atoms with van der Waals surface area (Å²) in [6, 6.07) is 16.1. The van der Waals surface area contributed by atoms with E-state index in [1.54, 1.807) is 39.0 Å². The van der Waals surface area contributed by atoms with Gasteiger partial charge in [0.15, 0.2) is 5.78 Å². The number of rotatable bonds is 5. The maximum Gasteiger partial charge on any atom is 0.337 e. The second-order valence-electron chi connectivity index (χ2n) is 8.70. The number of hydrogen-bond acceptors (Lipinski definition) is 6. The number of carbonyl (C=O) groups excluding carboxylic acids is 2. The molecular formula is C26H26N2O5. The Labute approximate surface area is 192 Å². The fourth-order valence-electron chi connectivity index (χ4n) is 4.76. The van der Waals surface area contributed by atoms with E-state index < -0.39 is 16.8 Å². The second kappa shape index (κ2) is 9.02. The first-order chi connectivity index (χ1) is 15.8. The molecule has 0 amide bonds. The molecular weight excluding hydrogens is 420 g/mol. The van der Waals surface area contributed by atoms with Crippen LogP contribution in [0.3, 0.4) is 0 Å². The fraction of sp³-hybridized carbons (Fsp3) is 0.308. The smallest absolute Gasteiger partial charge is 0.337 e. The fourth-order valence-corrected chi connectivity index (χ4v) is 4.76. The lowest BCUT2D eigenvalue weighted by atomic mass is 9.71. The first kappa shape index (κ1) is 22.5. The molecule has 4 rings (SSSR count). The largest absolute Gasteiger partial charge is 0.460 e. The van der Waals surface area contributed by atoms with Gasteiger partial charge >= 0.3 is 5.97 Å². The van der Waals surface area contributed by atoms with Crippen LogP contribution in [-0.2, 0) is 14.3 Å². The number of esters is 1. The van der Waals surface area contributed by atoms with E-state index in [2.05, 4.69) is 5.32 Å². The van der Waals surface area contributed by atoms with Crippen LogP contribution >= 0.6 is 0 Å². The van der Waals surface area contributed by atoms with Crippen molar-refractivity contribution in [2.75, 3.05) is 0 Å². The number of nitrogens with one attached hydrogen (secondary N) is 1. The molecule has 2 aromatic carbocycles. The van der Waals surface area contributed by atoms with Crippen LogP contribution in [0.2, 0.25) is 0 Å². The molecule has 0 radical (unpaired) electrons. The molecule has 0 unspecified atom stereocenters. The highest BCUT2D eigenvalue weighted by Crippen LogP contribution is 2.47. The molecule has 1 heterocycles. The van der Waals surface area contributed by atoms with Gasteiger partial charge in [-0.05, 0) is 38.7 Å². The third kappa shape index (κ3) is 4.31. The Morgan fingerprint density at radius 2 is 1.76 bits per heavy atom. The number of benzene rings is 2. The van der Waals surface area contributed by atoms with Gasteiger partial charge in [-0.3, -0.25) is 14.9 Å². The number of hydrogen-bond donors (Lipinski definition) is 1. The van der Waals surface area contributed by atoms with Crippen molar-refractivity contribution in [3.63, 3.8) is 0 Å². The lowest BCUT2D eigenvalue weighted by Crippen LogP contribution is -2.36. The zero-order valence-corrected chi connectivity index (χ0v) is 18.8. The quantitative estimate of drug-likeness (QED) is 0.398. The van der Waals surface area contributed by atoms with Crippen molar-refractivity contribution in [2.24, 2.45) is 0 Å². The van der Waals surface area contributed by atoms with Gasteiger partial charge in [0.25, 0.3) is 5.69 Å². The monoisotopic (exact) mass is 446 g/mol. The van der Waals surface area contributed by atoms with Crippen LogP contribution in [0.4, 0.5) is 5.69 Å². The number of nitrogens with zero attached hydrogens (tertiary/aromatic N) is 1. The minimum Gasteiger partial charge on any atom is -0.460 e. The first-order valence-electron chi connectivity index (χ1n) is 11.0. The highest BCUT2D eigenvalue weighted by Gasteiger charge is 2.43. The Balaban J connectivity index is 1.86. The Bertz CT molecular complexity index is 1180. The summed E-state index contributed by atoms with van der Waals surface area (Å²) >= 11 is 0. The Hall–Kier alpha value is -3.74. The number of nitro groups is 1. The van der Waals surface area contributed by atoms with Crippen molar-refractivity contribution >= 4 is 17.4 Å². The number of para-hydroxylation sites is 1. The molecule has 2 atom stereocenters. The number of allylic oxidation sites excluding steroid dienone is 3. The van der Waals surface area contributed by atoms with E-state index in [-0.39, 0.29) is 35.5 Å². The summed E-state index contributed by atoms with van der Waals surface area (Å²) < 4.78 is 5.48. The van der Waals surface area contributed by atoms with Crippen LogP contribution in [0, 0.1) is 10.1 Å². The van der Waals surface area contributed by atoms with Crippen molar-refractivity contribution in [2.45, 2.75) is 51.6 Å². The molecule has 0 bridgehead atoms. The Kier molecular flexibility index (Phi) is 6.14. The van der Waals surface area contributed by atoms with E-state index in [0.717, 1.165) is 5.56 Å². The molecule has 0 fully saturated rings. The van der Waals surface area contributed by atoms with Gasteiger partial charge in [0.1, 0.15) is 0 Å². The van der Waals surface area contributed by atoms with Crippen LogP contribution in [0.25, 0.3) is 0 Å². The Morgan fingerprint density at radius 1 is 1.09 bits per heavy atom. The van der Waals surface area contributed by atoms with Crippen molar-refractivity contribution < 1.29 is 19.2 Å². The minimum atomic E-state index is -0.863. The van der Waals surface area contributed by atoms with Gasteiger partial charge in [0, 0.05) is 35.0 Å². The van der Waals surface area contributed by atoms with Crippen LogP contribution in [-0.4, -0.2) is 22.8 Å². The van der Waals surface area contributed by atoms with Gasteiger partial charge in [0.2, 0.25) is 0 Å². The maximum atomic E-state index is 13.5. The van der Waals surface area contributed by atoms with Crippen molar-refractivity contribution in [3.05, 3.63) is 98.4 Å². The molecule has 2 aromatic rings. The lowest BCUT2D eigenvalue weighted by molar-refractivity contribution is -0.385. The molecule has 33 heavy (non-hydrogen) atoms. The molecule has 170 valence electrons. The summed E-state index contributed by atoms with van der Waals surface area (Å²) in [6.07, 6.45) is 0.475. The van der Waals surface area contributed by atoms with E-state index in [1.807, 2.05) is 30.3 Å². The van der Waals surface area contributed by atoms with E-state index in [0.29, 0.717) is 29.0 Å². The van der Waals surface area contributed by atoms with Crippen molar-refractivity contribution in [1.82, 2.24) is 5.32 Å². The summed E-state index contributed by atoms with van der Waals surface area (Å²) in [5.41, 5.74) is 3.16. The normalized spacial score (nSPS) is 20.4. The maximum absolute atomic E-state index is 13.5. The predicted octanol–water partition coefficient (Wildman–Crippen LogP) is 4.91. The standard InChI is InChI=1S/C26H26N2O5/c1-15(2)33-26(30)23-16(3)27-20-13-18(17-9-5-4-6-10-17)14-22(29)25(20)24(23)19-11-7-8-12-21(19)28(31)32/h4-12,15,18,24,27H,13-14H2,1-3H3/t18-,24+/m0/s1. The van der Waals surface area contributed by atoms with Crippen LogP contribution in [0.15, 0.2) is 77.1 Å². The van der Waals surface area contributed by atoms with E-state index >= 15 is 0 Å². The SMILES string of the molecule is CC1=C(C(=O)OC(C)C)[C@@H](c2ccccc2[N+](=O)[O-])C2=C(C[C@H](c3ccccc3)CC2=O)N1. The van der Waals surface area contributed by atoms with E-state index in [9.17, 15) is 19.7 Å². The van der Waals surface area contributed by atoms with Gasteiger partial charge in [0.05, 0.1) is 22.5 Å². The zero-order chi connectivity index (χ0) is 23.7. The second-order valence-corrected chi connectivity index (χ2v) is 8.70. The van der Waals surface area contributed by atoms with Crippen LogP contribution in [0.1, 0.15) is 56.6 Å². The average molecular weight is 447 g/mol. The highest BCUT2D eigenvalue weighted by atomic mass is 16.6. The van der Waals surface area contributed by atoms with Gasteiger partial charge in [-0.1, -0.05) is 48.5 Å². The summed E-state index contributed by atoms with van der Waals surface area (Å²) in [6.45, 7) is 5.23. The zero-order valence-electron chi connectivity index (χ0n) is 18.8. The number of ketones is 1. The van der Waals surface area contributed by atoms with Crippen LogP contribution < -0.4 is 5.32 Å². The highest BCUT2D eigenvalue weighted by molar-refractivity contribution is 6.04. The van der Waals surface area contributed by atoms with Gasteiger partial charge in [-0.15, -0.1) is 0 Å². The molecule has 1 aliphatic heterocycles. The minimum absolute atomic E-state index is 0.00618. The van der Waals surface area contributed by atoms with Gasteiger partial charge in [-0.25, -0.2) is 4.79 Å². The number of nitro benzene ring substituents is 1. The summed E-state index contributed by atoms with van der Waals surface area (Å²) in [7, 11) is 0.